The van der Waals surface area contributed by atoms with Crippen molar-refractivity contribution in [2.45, 2.75) is 50.5 Å². The van der Waals surface area contributed by atoms with Crippen LogP contribution in [0.15, 0.2) is 130 Å². The van der Waals surface area contributed by atoms with E-state index in [1.54, 1.807) is 90.1 Å². The number of nitrogens with zero attached hydrogens (tertiary/aromatic N) is 8. The molecule has 6 aromatic rings. The zero-order valence-corrected chi connectivity index (χ0v) is 38.4. The van der Waals surface area contributed by atoms with Crippen LogP contribution >= 0.6 is 0 Å². The van der Waals surface area contributed by atoms with Gasteiger partial charge in [-0.15, -0.1) is 0 Å². The molecule has 14 nitrogen and oxygen atoms in total. The third kappa shape index (κ3) is 14.7. The number of nitrogens with one attached hydrogen (secondary N) is 2. The molecular formula is C40H38Cl4Cu2F2N10O4. The summed E-state index contributed by atoms with van der Waals surface area (Å²) in [5, 5.41) is 29.3. The molecule has 336 valence electrons. The molecule has 0 saturated heterocycles. The molecule has 0 aliphatic carbocycles. The van der Waals surface area contributed by atoms with Crippen LogP contribution in [-0.2, 0) is 50.6 Å². The average Bonchev–Trinajstić information content (AvgIpc) is 3.95. The Morgan fingerprint density at radius 2 is 0.758 bits per heavy atom. The van der Waals surface area contributed by atoms with E-state index in [1.165, 1.54) is 61.2 Å². The van der Waals surface area contributed by atoms with Crippen molar-refractivity contribution in [1.29, 1.82) is 0 Å². The Labute approximate surface area is 398 Å². The van der Waals surface area contributed by atoms with Crippen LogP contribution in [0.4, 0.5) is 31.5 Å². The van der Waals surface area contributed by atoms with Crippen molar-refractivity contribution in [1.82, 2.24) is 30.4 Å². The number of ketones is 2. The van der Waals surface area contributed by atoms with E-state index < -0.39 is 19.8 Å². The van der Waals surface area contributed by atoms with E-state index in [1.807, 2.05) is 0 Å². The van der Waals surface area contributed by atoms with Gasteiger partial charge < -0.3 is 49.6 Å². The van der Waals surface area contributed by atoms with Gasteiger partial charge in [-0.25, -0.2) is 8.78 Å². The summed E-state index contributed by atoms with van der Waals surface area (Å²) in [6, 6.07) is 24.5. The first-order chi connectivity index (χ1) is 27.4. The number of hydrogen-bond acceptors (Lipinski definition) is 12. The summed E-state index contributed by atoms with van der Waals surface area (Å²) >= 11 is 11.5. The summed E-state index contributed by atoms with van der Waals surface area (Å²) in [5.41, 5.74) is 0.622. The number of azo groups is 2. The molecule has 22 heteroatoms. The molecule has 0 radical (unpaired) electrons. The molecule has 0 aliphatic rings. The van der Waals surface area contributed by atoms with Crippen LogP contribution in [0.2, 0.25) is 0 Å². The van der Waals surface area contributed by atoms with Crippen LogP contribution in [0.3, 0.4) is 0 Å². The van der Waals surface area contributed by atoms with E-state index in [0.29, 0.717) is 34.2 Å². The molecular weight excluding hydrogens is 991 g/mol. The van der Waals surface area contributed by atoms with Gasteiger partial charge in [-0.2, -0.15) is 0 Å². The number of carbonyl (C=O) groups excluding carboxylic acids is 2. The van der Waals surface area contributed by atoms with Crippen molar-refractivity contribution in [3.05, 3.63) is 133 Å². The van der Waals surface area contributed by atoms with E-state index in [9.17, 15) is 18.4 Å². The monoisotopic (exact) mass is 1030 g/mol. The van der Waals surface area contributed by atoms with Gasteiger partial charge in [0.05, 0.1) is 0 Å². The van der Waals surface area contributed by atoms with Gasteiger partial charge in [0, 0.05) is 0 Å². The Morgan fingerprint density at radius 3 is 0.984 bits per heavy atom. The van der Waals surface area contributed by atoms with E-state index >= 15 is 0 Å². The first-order valence-electron chi connectivity index (χ1n) is 17.4. The van der Waals surface area contributed by atoms with Crippen molar-refractivity contribution in [2.24, 2.45) is 31.3 Å². The SMILES string of the molecule is CC(C)(C)C(=O)[C]([Cu+2])(Oc1ccc(N=Nc2ccc(F)cc2)cc1)c1nc[nH]n1.CC(C)(C)C(=O)[C]([Cu+2])(Oc1ccc(N=Nc2ccc(F)cc2)cc1)c1nc[nH]n1.[Cl-].[Cl-].[Cl-].[Cl-]. The van der Waals surface area contributed by atoms with Gasteiger partial charge in [0.2, 0.25) is 0 Å². The van der Waals surface area contributed by atoms with Crippen LogP contribution in [0.1, 0.15) is 53.2 Å². The smallest absolute Gasteiger partial charge is 1.00 e. The summed E-state index contributed by atoms with van der Waals surface area (Å²) in [7, 11) is 0. The summed E-state index contributed by atoms with van der Waals surface area (Å²) < 4.78 is 34.0. The van der Waals surface area contributed by atoms with Gasteiger partial charge in [-0.05, 0) is 0 Å². The van der Waals surface area contributed by atoms with E-state index in [4.69, 9.17) is 41.5 Å². The van der Waals surface area contributed by atoms with E-state index in [-0.39, 0.29) is 84.5 Å². The van der Waals surface area contributed by atoms with Crippen LogP contribution in [0.25, 0.3) is 0 Å². The number of aromatic nitrogens is 6. The van der Waals surface area contributed by atoms with E-state index in [2.05, 4.69) is 50.8 Å². The fourth-order valence-corrected chi connectivity index (χ4v) is 5.87. The molecule has 0 saturated carbocycles. The Bertz CT molecular complexity index is 2190. The normalized spacial score (nSPS) is 13.1. The van der Waals surface area contributed by atoms with Crippen LogP contribution in [0.5, 0.6) is 11.5 Å². The second-order valence-corrected chi connectivity index (χ2v) is 15.8. The molecule has 2 heterocycles. The molecule has 0 aliphatic heterocycles. The second-order valence-electron chi connectivity index (χ2n) is 14.4. The minimum Gasteiger partial charge on any atom is -1.00 e. The van der Waals surface area contributed by atoms with Gasteiger partial charge in [-0.1, -0.05) is 0 Å². The molecule has 2 atom stereocenters. The Balaban J connectivity index is 0.000000582. The Hall–Kier alpha value is -4.64. The number of benzene rings is 4. The largest absolute Gasteiger partial charge is 1.00 e. The molecule has 6 rings (SSSR count). The maximum Gasteiger partial charge on any atom is -1.00 e. The van der Waals surface area contributed by atoms with Gasteiger partial charge in [0.15, 0.2) is 0 Å². The van der Waals surface area contributed by atoms with Crippen LogP contribution in [-0.4, -0.2) is 41.9 Å². The molecule has 4 aromatic carbocycles. The molecule has 0 amide bonds. The molecule has 0 bridgehead atoms. The molecule has 2 unspecified atom stereocenters. The molecule has 2 aromatic heterocycles. The number of aromatic amines is 2. The van der Waals surface area contributed by atoms with Crippen LogP contribution in [0, 0.1) is 22.5 Å². The zero-order chi connectivity index (χ0) is 42.1. The topological polar surface area (TPSA) is 185 Å². The number of rotatable bonds is 12. The van der Waals surface area contributed by atoms with Crippen LogP contribution < -0.4 is 59.1 Å². The number of ether oxygens (including phenoxy) is 2. The molecule has 0 fully saturated rings. The number of carbonyl (C=O) groups is 2. The first kappa shape index (κ1) is 55.4. The van der Waals surface area contributed by atoms with Gasteiger partial charge in [0.1, 0.15) is 0 Å². The number of H-pyrrole nitrogens is 2. The standard InChI is InChI=1S/2C20H19FN5O2.4ClH.2Cu/c2*1-20(2,3)18(27)17(19-22-12-23-26-19)28-16-10-8-15(9-11-16)25-24-14-6-4-13(21)5-7-14;;;;;;/h2*4-12H,1-3H3,(H,22,23,26);4*1H;;/q;;;;;;2*+2/p-4. The quantitative estimate of drug-likeness (QED) is 0.0999. The summed E-state index contributed by atoms with van der Waals surface area (Å²) in [6.45, 7) is 10.5. The summed E-state index contributed by atoms with van der Waals surface area (Å²) in [5.74, 6) is -0.513. The van der Waals surface area contributed by atoms with Gasteiger partial charge >= 0.3 is 342 Å². The Morgan fingerprint density at radius 1 is 0.500 bits per heavy atom. The minimum atomic E-state index is -1.79. The first-order valence-corrected chi connectivity index (χ1v) is 18.4. The zero-order valence-electron chi connectivity index (χ0n) is 33.5. The maximum atomic E-state index is 13.0. The predicted octanol–water partition coefficient (Wildman–Crippen LogP) is -2.48. The molecule has 2 N–H and O–H groups in total. The number of hydrogen-bond donors (Lipinski definition) is 2. The summed E-state index contributed by atoms with van der Waals surface area (Å²) in [6.07, 6.45) is 2.68. The average molecular weight is 1030 g/mol. The fraction of sp³-hybridized carbons (Fsp3) is 0.250. The fourth-order valence-electron chi connectivity index (χ4n) is 4.72. The second kappa shape index (κ2) is 23.7. The van der Waals surface area contributed by atoms with Gasteiger partial charge in [-0.3, -0.25) is 0 Å². The number of Topliss-reactive ketones (excluding diaryl/α,β-unsaturated/α-hetero) is 2. The van der Waals surface area contributed by atoms with Crippen molar-refractivity contribution in [3.8, 4) is 11.5 Å². The summed E-state index contributed by atoms with van der Waals surface area (Å²) in [4.78, 5) is 33.9. The molecule has 62 heavy (non-hydrogen) atoms. The minimum absolute atomic E-state index is 0. The predicted molar refractivity (Wildman–Crippen MR) is 200 cm³/mol. The Kier molecular flexibility index (Phi) is 21.2. The third-order valence-corrected chi connectivity index (χ3v) is 8.71. The maximum absolute atomic E-state index is 13.0. The van der Waals surface area contributed by atoms with Crippen molar-refractivity contribution >= 4 is 34.3 Å². The van der Waals surface area contributed by atoms with Gasteiger partial charge in [0.25, 0.3) is 0 Å². The van der Waals surface area contributed by atoms with Crippen molar-refractivity contribution < 1.29 is 109 Å². The third-order valence-electron chi connectivity index (χ3n) is 7.67. The van der Waals surface area contributed by atoms with Crippen molar-refractivity contribution in [3.63, 3.8) is 0 Å². The number of halogens is 6. The molecule has 0 spiro atoms. The van der Waals surface area contributed by atoms with Crippen molar-refractivity contribution in [2.75, 3.05) is 0 Å². The van der Waals surface area contributed by atoms with E-state index in [0.717, 1.165) is 0 Å².